The molecular formula is C16H19N5O3. The van der Waals surface area contributed by atoms with E-state index in [0.717, 1.165) is 25.9 Å². The van der Waals surface area contributed by atoms with Gasteiger partial charge in [0.15, 0.2) is 5.69 Å². The highest BCUT2D eigenvalue weighted by molar-refractivity contribution is 5.92. The van der Waals surface area contributed by atoms with E-state index in [1.165, 1.54) is 16.8 Å². The Hall–Kier alpha value is -2.74. The van der Waals surface area contributed by atoms with Crippen LogP contribution in [0.3, 0.4) is 0 Å². The van der Waals surface area contributed by atoms with Gasteiger partial charge in [-0.15, -0.1) is 0 Å². The number of carbonyl (C=O) groups is 1. The number of benzene rings is 1. The van der Waals surface area contributed by atoms with Crippen molar-refractivity contribution in [3.8, 4) is 5.69 Å². The Morgan fingerprint density at radius 2 is 2.17 bits per heavy atom. The molecule has 8 heteroatoms. The lowest BCUT2D eigenvalue weighted by molar-refractivity contribution is -0.384. The topological polar surface area (TPSA) is 102 Å². The maximum atomic E-state index is 12.2. The Bertz CT molecular complexity index is 720. The molecule has 0 radical (unpaired) electrons. The van der Waals surface area contributed by atoms with Crippen molar-refractivity contribution >= 4 is 11.6 Å². The van der Waals surface area contributed by atoms with Crippen molar-refractivity contribution in [2.24, 2.45) is 5.92 Å². The van der Waals surface area contributed by atoms with Crippen LogP contribution in [0.5, 0.6) is 0 Å². The first-order valence-corrected chi connectivity index (χ1v) is 7.93. The first-order valence-electron chi connectivity index (χ1n) is 7.93. The van der Waals surface area contributed by atoms with E-state index < -0.39 is 4.92 Å². The number of amides is 1. The Morgan fingerprint density at radius 1 is 1.38 bits per heavy atom. The fraction of sp³-hybridized carbons (Fsp3) is 0.375. The fourth-order valence-electron chi connectivity index (χ4n) is 2.74. The fourth-order valence-corrected chi connectivity index (χ4v) is 2.74. The van der Waals surface area contributed by atoms with Crippen LogP contribution in [0, 0.1) is 16.0 Å². The van der Waals surface area contributed by atoms with Gasteiger partial charge >= 0.3 is 0 Å². The summed E-state index contributed by atoms with van der Waals surface area (Å²) < 4.78 is 1.53. The number of hydrogen-bond donors (Lipinski definition) is 2. The van der Waals surface area contributed by atoms with Gasteiger partial charge in [0.1, 0.15) is 0 Å². The summed E-state index contributed by atoms with van der Waals surface area (Å²) in [6, 6.07) is 7.65. The molecule has 1 unspecified atom stereocenters. The van der Waals surface area contributed by atoms with Crippen LogP contribution in [0.1, 0.15) is 23.3 Å². The number of piperidine rings is 1. The van der Waals surface area contributed by atoms with Crippen LogP contribution < -0.4 is 10.6 Å². The van der Waals surface area contributed by atoms with Gasteiger partial charge in [0.25, 0.3) is 11.6 Å². The Balaban J connectivity index is 1.61. The molecule has 1 aromatic carbocycles. The molecule has 1 aromatic heterocycles. The number of rotatable bonds is 5. The van der Waals surface area contributed by atoms with E-state index >= 15 is 0 Å². The van der Waals surface area contributed by atoms with Gasteiger partial charge in [0, 0.05) is 24.9 Å². The number of hydrogen-bond acceptors (Lipinski definition) is 5. The zero-order valence-corrected chi connectivity index (χ0v) is 13.1. The van der Waals surface area contributed by atoms with E-state index in [1.54, 1.807) is 24.4 Å². The highest BCUT2D eigenvalue weighted by Gasteiger charge is 2.16. The summed E-state index contributed by atoms with van der Waals surface area (Å²) in [6.45, 7) is 2.61. The van der Waals surface area contributed by atoms with E-state index in [4.69, 9.17) is 0 Å². The van der Waals surface area contributed by atoms with Crippen molar-refractivity contribution in [1.82, 2.24) is 20.4 Å². The first-order chi connectivity index (χ1) is 11.6. The van der Waals surface area contributed by atoms with Crippen LogP contribution in [0.4, 0.5) is 5.69 Å². The third-order valence-corrected chi connectivity index (χ3v) is 4.10. The van der Waals surface area contributed by atoms with Gasteiger partial charge in [-0.05, 0) is 50.0 Å². The predicted molar refractivity (Wildman–Crippen MR) is 88.1 cm³/mol. The molecule has 3 rings (SSSR count). The van der Waals surface area contributed by atoms with Crippen LogP contribution in [0.2, 0.25) is 0 Å². The van der Waals surface area contributed by atoms with E-state index in [-0.39, 0.29) is 11.6 Å². The lowest BCUT2D eigenvalue weighted by atomic mass is 10.00. The number of aromatic nitrogens is 2. The molecule has 0 spiro atoms. The molecule has 2 aromatic rings. The summed E-state index contributed by atoms with van der Waals surface area (Å²) >= 11 is 0. The summed E-state index contributed by atoms with van der Waals surface area (Å²) in [4.78, 5) is 22.4. The quantitative estimate of drug-likeness (QED) is 0.639. The number of nitrogens with one attached hydrogen (secondary N) is 2. The van der Waals surface area contributed by atoms with Gasteiger partial charge in [0.2, 0.25) is 0 Å². The molecule has 24 heavy (non-hydrogen) atoms. The van der Waals surface area contributed by atoms with Crippen LogP contribution in [-0.2, 0) is 0 Å². The van der Waals surface area contributed by atoms with Crippen molar-refractivity contribution in [3.63, 3.8) is 0 Å². The van der Waals surface area contributed by atoms with Gasteiger partial charge in [-0.25, -0.2) is 4.68 Å². The van der Waals surface area contributed by atoms with Gasteiger partial charge < -0.3 is 10.6 Å². The second-order valence-corrected chi connectivity index (χ2v) is 5.84. The number of nitro groups is 1. The minimum absolute atomic E-state index is 0.0185. The van der Waals surface area contributed by atoms with Gasteiger partial charge in [-0.1, -0.05) is 0 Å². The smallest absolute Gasteiger partial charge is 0.271 e. The SMILES string of the molecule is O=C(NCC1CCCNC1)c1ccn(-c2ccc([N+](=O)[O-])cc2)n1. The van der Waals surface area contributed by atoms with Gasteiger partial charge in [-0.2, -0.15) is 5.10 Å². The molecule has 0 saturated carbocycles. The van der Waals surface area contributed by atoms with E-state index in [2.05, 4.69) is 15.7 Å². The molecule has 1 aliphatic rings. The second kappa shape index (κ2) is 7.22. The van der Waals surface area contributed by atoms with E-state index in [9.17, 15) is 14.9 Å². The monoisotopic (exact) mass is 329 g/mol. The van der Waals surface area contributed by atoms with Crippen LogP contribution >= 0.6 is 0 Å². The Kier molecular flexibility index (Phi) is 4.85. The summed E-state index contributed by atoms with van der Waals surface area (Å²) in [5.74, 6) is 0.251. The number of carbonyl (C=O) groups excluding carboxylic acids is 1. The molecule has 0 aliphatic carbocycles. The summed E-state index contributed by atoms with van der Waals surface area (Å²) in [6.07, 6.45) is 3.91. The molecule has 8 nitrogen and oxygen atoms in total. The van der Waals surface area contributed by atoms with E-state index in [0.29, 0.717) is 23.8 Å². The minimum atomic E-state index is -0.453. The first kappa shape index (κ1) is 16.1. The zero-order chi connectivity index (χ0) is 16.9. The third-order valence-electron chi connectivity index (χ3n) is 4.10. The molecule has 1 fully saturated rings. The molecule has 1 saturated heterocycles. The molecule has 1 atom stereocenters. The summed E-state index contributed by atoms with van der Waals surface area (Å²) in [7, 11) is 0. The maximum Gasteiger partial charge on any atom is 0.271 e. The lowest BCUT2D eigenvalue weighted by Crippen LogP contribution is -2.38. The summed E-state index contributed by atoms with van der Waals surface area (Å²) in [5, 5.41) is 21.1. The highest BCUT2D eigenvalue weighted by atomic mass is 16.6. The Labute approximate surface area is 139 Å². The average Bonchev–Trinajstić information content (AvgIpc) is 3.11. The van der Waals surface area contributed by atoms with Crippen LogP contribution in [0.15, 0.2) is 36.5 Å². The van der Waals surface area contributed by atoms with Gasteiger partial charge in [-0.3, -0.25) is 14.9 Å². The van der Waals surface area contributed by atoms with Crippen molar-refractivity contribution in [1.29, 1.82) is 0 Å². The van der Waals surface area contributed by atoms with Crippen LogP contribution in [0.25, 0.3) is 5.69 Å². The minimum Gasteiger partial charge on any atom is -0.350 e. The molecular weight excluding hydrogens is 310 g/mol. The van der Waals surface area contributed by atoms with Crippen molar-refractivity contribution in [2.45, 2.75) is 12.8 Å². The predicted octanol–water partition coefficient (Wildman–Crippen LogP) is 1.51. The average molecular weight is 329 g/mol. The molecule has 2 heterocycles. The lowest BCUT2D eigenvalue weighted by Gasteiger charge is -2.22. The molecule has 126 valence electrons. The number of nitrogens with zero attached hydrogens (tertiary/aromatic N) is 3. The normalized spacial score (nSPS) is 17.4. The molecule has 1 aliphatic heterocycles. The molecule has 0 bridgehead atoms. The van der Waals surface area contributed by atoms with Crippen molar-refractivity contribution in [3.05, 3.63) is 52.3 Å². The van der Waals surface area contributed by atoms with Crippen LogP contribution in [-0.4, -0.2) is 40.2 Å². The largest absolute Gasteiger partial charge is 0.350 e. The number of nitro benzene ring substituents is 1. The Morgan fingerprint density at radius 3 is 2.83 bits per heavy atom. The second-order valence-electron chi connectivity index (χ2n) is 5.84. The highest BCUT2D eigenvalue weighted by Crippen LogP contribution is 2.15. The molecule has 1 amide bonds. The summed E-state index contributed by atoms with van der Waals surface area (Å²) in [5.41, 5.74) is 1.01. The number of non-ortho nitro benzene ring substituents is 1. The van der Waals surface area contributed by atoms with Crippen molar-refractivity contribution < 1.29 is 9.72 Å². The zero-order valence-electron chi connectivity index (χ0n) is 13.1. The standard InChI is InChI=1S/C16H19N5O3/c22-16(18-11-12-2-1-8-17-10-12)15-7-9-20(19-15)13-3-5-14(6-4-13)21(23)24/h3-7,9,12,17H,1-2,8,10-11H2,(H,18,22). The van der Waals surface area contributed by atoms with E-state index in [1.807, 2.05) is 0 Å². The third kappa shape index (κ3) is 3.77. The van der Waals surface area contributed by atoms with Crippen molar-refractivity contribution in [2.75, 3.05) is 19.6 Å². The van der Waals surface area contributed by atoms with Gasteiger partial charge in [0.05, 0.1) is 10.6 Å². The maximum absolute atomic E-state index is 12.2. The molecule has 2 N–H and O–H groups in total.